The second kappa shape index (κ2) is 6.17. The Morgan fingerprint density at radius 1 is 1.27 bits per heavy atom. The van der Waals surface area contributed by atoms with Crippen LogP contribution in [0.15, 0.2) is 44.2 Å². The van der Waals surface area contributed by atoms with E-state index in [4.69, 9.17) is 4.74 Å². The number of hydrogen-bond acceptors (Lipinski definition) is 5. The van der Waals surface area contributed by atoms with Gasteiger partial charge in [0.1, 0.15) is 17.0 Å². The molecule has 1 aromatic carbocycles. The Labute approximate surface area is 166 Å². The summed E-state index contributed by atoms with van der Waals surface area (Å²) in [5.74, 6) is 0.389. The lowest BCUT2D eigenvalue weighted by Gasteiger charge is -2.49. The summed E-state index contributed by atoms with van der Waals surface area (Å²) in [5, 5.41) is 22.5. The number of nitro groups is 1. The molecule has 1 aromatic heterocycles. The molecule has 1 N–H and O–H groups in total. The highest BCUT2D eigenvalue weighted by Crippen LogP contribution is 2.48. The van der Waals surface area contributed by atoms with Crippen LogP contribution in [0.3, 0.4) is 0 Å². The highest BCUT2D eigenvalue weighted by Gasteiger charge is 2.54. The van der Waals surface area contributed by atoms with Crippen molar-refractivity contribution in [2.24, 2.45) is 0 Å². The molecule has 0 aliphatic carbocycles. The van der Waals surface area contributed by atoms with Gasteiger partial charge in [-0.1, -0.05) is 0 Å². The molecule has 0 spiro atoms. The van der Waals surface area contributed by atoms with E-state index in [0.29, 0.717) is 20.3 Å². The first-order valence-electron chi connectivity index (χ1n) is 7.72. The van der Waals surface area contributed by atoms with Gasteiger partial charge in [0.2, 0.25) is 0 Å². The molecule has 2 atom stereocenters. The Kier molecular flexibility index (Phi) is 4.53. The van der Waals surface area contributed by atoms with E-state index in [-0.39, 0.29) is 11.2 Å². The second-order valence-electron chi connectivity index (χ2n) is 6.86. The number of nitro benzene ring substituents is 1. The fourth-order valence-corrected chi connectivity index (χ4v) is 4.32. The van der Waals surface area contributed by atoms with Crippen LogP contribution in [-0.4, -0.2) is 25.8 Å². The molecular formula is C17H16Br2N2O5. The van der Waals surface area contributed by atoms with Crippen LogP contribution in [0.5, 0.6) is 5.75 Å². The molecule has 0 saturated carbocycles. The van der Waals surface area contributed by atoms with E-state index in [1.807, 2.05) is 0 Å². The fraction of sp³-hybridized carbons (Fsp3) is 0.353. The van der Waals surface area contributed by atoms with Crippen molar-refractivity contribution in [2.45, 2.75) is 38.0 Å². The quantitative estimate of drug-likeness (QED) is 0.513. The molecular weight excluding hydrogens is 472 g/mol. The number of nitrogens with zero attached hydrogens (tertiary/aromatic N) is 2. The van der Waals surface area contributed by atoms with Crippen LogP contribution < -0.4 is 10.3 Å². The molecule has 1 aliphatic heterocycles. The minimum atomic E-state index is -1.53. The zero-order valence-electron chi connectivity index (χ0n) is 14.2. The number of halogens is 2. The Bertz CT molecular complexity index is 968. The molecule has 7 nitrogen and oxygen atoms in total. The first kappa shape index (κ1) is 19.1. The fourth-order valence-electron chi connectivity index (χ4n) is 3.11. The van der Waals surface area contributed by atoms with Crippen molar-refractivity contribution < 1.29 is 14.8 Å². The van der Waals surface area contributed by atoms with E-state index in [9.17, 15) is 20.0 Å². The minimum absolute atomic E-state index is 0.144. The smallest absolute Gasteiger partial charge is 0.270 e. The van der Waals surface area contributed by atoms with Crippen molar-refractivity contribution in [3.8, 4) is 5.75 Å². The lowest BCUT2D eigenvalue weighted by Crippen LogP contribution is -2.60. The summed E-state index contributed by atoms with van der Waals surface area (Å²) in [7, 11) is 0. The lowest BCUT2D eigenvalue weighted by molar-refractivity contribution is -0.385. The van der Waals surface area contributed by atoms with Crippen molar-refractivity contribution in [3.05, 3.63) is 65.4 Å². The number of ether oxygens (including phenoxy) is 1. The van der Waals surface area contributed by atoms with Crippen LogP contribution in [0.4, 0.5) is 5.69 Å². The molecule has 1 aliphatic rings. The largest absolute Gasteiger partial charge is 0.484 e. The number of non-ortho nitro benzene ring substituents is 1. The highest BCUT2D eigenvalue weighted by molar-refractivity contribution is 9.11. The van der Waals surface area contributed by atoms with Gasteiger partial charge in [-0.15, -0.1) is 0 Å². The summed E-state index contributed by atoms with van der Waals surface area (Å²) in [6, 6.07) is 4.89. The molecule has 0 amide bonds. The molecule has 9 heteroatoms. The first-order valence-corrected chi connectivity index (χ1v) is 9.31. The number of rotatable bonds is 2. The standard InChI is InChI=1S/C17H16Br2N2O5/c1-16(2)17(3,23)14(20-8-9(18)6-12(19)15(20)22)11-7-10(21(24)25)4-5-13(11)26-16/h4-8,14,23H,1-3H3. The van der Waals surface area contributed by atoms with Gasteiger partial charge in [0.05, 0.1) is 15.4 Å². The monoisotopic (exact) mass is 486 g/mol. The Morgan fingerprint density at radius 2 is 1.92 bits per heavy atom. The summed E-state index contributed by atoms with van der Waals surface area (Å²) in [6.07, 6.45) is 1.55. The van der Waals surface area contributed by atoms with Gasteiger partial charge in [0.25, 0.3) is 11.2 Å². The number of aromatic nitrogens is 1. The van der Waals surface area contributed by atoms with Crippen molar-refractivity contribution >= 4 is 37.5 Å². The van der Waals surface area contributed by atoms with Gasteiger partial charge in [0, 0.05) is 28.4 Å². The maximum absolute atomic E-state index is 12.8. The van der Waals surface area contributed by atoms with Crippen molar-refractivity contribution in [2.75, 3.05) is 0 Å². The minimum Gasteiger partial charge on any atom is -0.484 e. The lowest BCUT2D eigenvalue weighted by atomic mass is 9.75. The number of fused-ring (bicyclic) bond motifs is 1. The van der Waals surface area contributed by atoms with Crippen LogP contribution in [-0.2, 0) is 0 Å². The first-order chi connectivity index (χ1) is 12.0. The molecule has 0 radical (unpaired) electrons. The normalized spacial score (nSPS) is 23.8. The van der Waals surface area contributed by atoms with E-state index >= 15 is 0 Å². The molecule has 0 fully saturated rings. The number of aliphatic hydroxyl groups is 1. The average molecular weight is 488 g/mol. The molecule has 2 heterocycles. The molecule has 3 rings (SSSR count). The zero-order chi connectivity index (χ0) is 19.4. The van der Waals surface area contributed by atoms with Crippen LogP contribution in [0.25, 0.3) is 0 Å². The van der Waals surface area contributed by atoms with Crippen LogP contribution >= 0.6 is 31.9 Å². The van der Waals surface area contributed by atoms with Crippen molar-refractivity contribution in [3.63, 3.8) is 0 Å². The zero-order valence-corrected chi connectivity index (χ0v) is 17.4. The Balaban J connectivity index is 2.37. The number of benzene rings is 1. The molecule has 2 aromatic rings. The molecule has 0 saturated heterocycles. The third-order valence-electron chi connectivity index (χ3n) is 4.86. The van der Waals surface area contributed by atoms with E-state index in [1.165, 1.54) is 22.8 Å². The van der Waals surface area contributed by atoms with Gasteiger partial charge >= 0.3 is 0 Å². The predicted molar refractivity (Wildman–Crippen MR) is 103 cm³/mol. The summed E-state index contributed by atoms with van der Waals surface area (Å²) in [4.78, 5) is 23.4. The SMILES string of the molecule is CC1(C)Oc2ccc([N+](=O)[O-])cc2C(n2cc(Br)cc(Br)c2=O)C1(C)O. The van der Waals surface area contributed by atoms with Crippen LogP contribution in [0, 0.1) is 10.1 Å². The molecule has 138 valence electrons. The maximum Gasteiger partial charge on any atom is 0.270 e. The molecule has 26 heavy (non-hydrogen) atoms. The van der Waals surface area contributed by atoms with Crippen LogP contribution in [0.2, 0.25) is 0 Å². The predicted octanol–water partition coefficient (Wildman–Crippen LogP) is 3.79. The third-order valence-corrected chi connectivity index (χ3v) is 5.86. The number of hydrogen-bond donors (Lipinski definition) is 1. The third kappa shape index (κ3) is 2.87. The Hall–Kier alpha value is -1.71. The number of pyridine rings is 1. The molecule has 2 unspecified atom stereocenters. The van der Waals surface area contributed by atoms with Gasteiger partial charge in [-0.05, 0) is 64.8 Å². The van der Waals surface area contributed by atoms with Gasteiger partial charge in [-0.2, -0.15) is 0 Å². The van der Waals surface area contributed by atoms with E-state index in [2.05, 4.69) is 31.9 Å². The summed E-state index contributed by atoms with van der Waals surface area (Å²) < 4.78 is 8.20. The second-order valence-corrected chi connectivity index (χ2v) is 8.63. The topological polar surface area (TPSA) is 94.6 Å². The summed E-state index contributed by atoms with van der Waals surface area (Å²) in [5.41, 5.74) is -2.71. The summed E-state index contributed by atoms with van der Waals surface area (Å²) in [6.45, 7) is 4.98. The van der Waals surface area contributed by atoms with Gasteiger partial charge in [-0.3, -0.25) is 14.9 Å². The Morgan fingerprint density at radius 3 is 2.54 bits per heavy atom. The van der Waals surface area contributed by atoms with E-state index in [0.717, 1.165) is 0 Å². The highest BCUT2D eigenvalue weighted by atomic mass is 79.9. The van der Waals surface area contributed by atoms with Crippen molar-refractivity contribution in [1.29, 1.82) is 0 Å². The van der Waals surface area contributed by atoms with E-state index in [1.54, 1.807) is 33.0 Å². The van der Waals surface area contributed by atoms with Gasteiger partial charge in [-0.25, -0.2) is 0 Å². The van der Waals surface area contributed by atoms with Crippen LogP contribution in [0.1, 0.15) is 32.4 Å². The summed E-state index contributed by atoms with van der Waals surface area (Å²) >= 11 is 6.57. The van der Waals surface area contributed by atoms with E-state index < -0.39 is 22.2 Å². The average Bonchev–Trinajstić information content (AvgIpc) is 2.51. The maximum atomic E-state index is 12.8. The van der Waals surface area contributed by atoms with Crippen molar-refractivity contribution in [1.82, 2.24) is 4.57 Å². The van der Waals surface area contributed by atoms with Gasteiger partial charge in [0.15, 0.2) is 0 Å². The molecule has 0 bridgehead atoms. The van der Waals surface area contributed by atoms with Gasteiger partial charge < -0.3 is 14.4 Å².